The molecule has 0 radical (unpaired) electrons. The van der Waals surface area contributed by atoms with Crippen molar-refractivity contribution in [1.29, 1.82) is 0 Å². The van der Waals surface area contributed by atoms with Gasteiger partial charge >= 0.3 is 12.1 Å². The molecule has 10 nitrogen and oxygen atoms in total. The minimum atomic E-state index is -5.19. The lowest BCUT2D eigenvalue weighted by molar-refractivity contribution is -0.176. The predicted octanol–water partition coefficient (Wildman–Crippen LogP) is 0.797. The van der Waals surface area contributed by atoms with Crippen LogP contribution >= 0.6 is 11.6 Å². The molecule has 3 N–H and O–H groups in total. The number of carbonyl (C=O) groups excluding carboxylic acids is 5. The van der Waals surface area contributed by atoms with Crippen molar-refractivity contribution in [1.82, 2.24) is 26.0 Å². The van der Waals surface area contributed by atoms with Gasteiger partial charge in [0.1, 0.15) is 18.0 Å². The van der Waals surface area contributed by atoms with Crippen LogP contribution in [0.15, 0.2) is 0 Å². The van der Waals surface area contributed by atoms with Crippen molar-refractivity contribution in [3.05, 3.63) is 0 Å². The average Bonchev–Trinajstić information content (AvgIpc) is 3.14. The Morgan fingerprint density at radius 3 is 2.32 bits per heavy atom. The highest BCUT2D eigenvalue weighted by atomic mass is 35.5. The fourth-order valence-corrected chi connectivity index (χ4v) is 5.51. The zero-order valence-electron chi connectivity index (χ0n) is 21.4. The third kappa shape index (κ3) is 5.80. The topological polar surface area (TPSA) is 128 Å². The van der Waals surface area contributed by atoms with Gasteiger partial charge in [-0.05, 0) is 29.1 Å². The van der Waals surface area contributed by atoms with Crippen molar-refractivity contribution >= 4 is 41.1 Å². The molecule has 2 saturated heterocycles. The number of likely N-dealkylation sites (tertiary alicyclic amines) is 1. The van der Waals surface area contributed by atoms with Crippen LogP contribution in [0, 0.1) is 28.6 Å². The van der Waals surface area contributed by atoms with Gasteiger partial charge in [-0.25, -0.2) is 0 Å². The molecule has 3 fully saturated rings. The number of hydrogen-bond acceptors (Lipinski definition) is 5. The van der Waals surface area contributed by atoms with Crippen LogP contribution in [0.4, 0.5) is 13.2 Å². The molecule has 0 aromatic rings. The molecule has 3 rings (SSSR count). The van der Waals surface area contributed by atoms with E-state index in [0.29, 0.717) is 13.0 Å². The van der Waals surface area contributed by atoms with E-state index in [-0.39, 0.29) is 36.2 Å². The number of fused-ring (bicyclic) bond motifs is 1. The number of hydrazine groups is 1. The maximum absolute atomic E-state index is 13.6. The van der Waals surface area contributed by atoms with Crippen LogP contribution in [0.25, 0.3) is 0 Å². The maximum Gasteiger partial charge on any atom is 0.471 e. The predicted molar refractivity (Wildman–Crippen MR) is 125 cm³/mol. The standard InChI is InChI=1S/C23H33ClF3N5O5/c1-21(2,3)16(29-20(37)23(25,26)27)19(36)31-10-12-14(22(12,4)5)15(31)18(35)30-32(13(33)8-24)9-11-6-7-28-17(11)34/h11-12,14-16H,6-10H2,1-5H3,(H,28,34)(H,29,37)(H,30,35)/t11-,12-,14-,15-,16+/m0/s1. The Labute approximate surface area is 217 Å². The maximum atomic E-state index is 13.6. The van der Waals surface area contributed by atoms with Crippen LogP contribution in [0.5, 0.6) is 0 Å². The first-order valence-electron chi connectivity index (χ1n) is 12.0. The first-order chi connectivity index (χ1) is 16.9. The van der Waals surface area contributed by atoms with Crippen molar-refractivity contribution in [2.75, 3.05) is 25.5 Å². The molecule has 0 bridgehead atoms. The number of amides is 5. The highest BCUT2D eigenvalue weighted by Gasteiger charge is 2.70. The highest BCUT2D eigenvalue weighted by molar-refractivity contribution is 6.27. The molecule has 14 heteroatoms. The van der Waals surface area contributed by atoms with E-state index in [2.05, 4.69) is 10.7 Å². The second kappa shape index (κ2) is 9.95. The first-order valence-corrected chi connectivity index (χ1v) is 12.6. The number of piperidine rings is 1. The summed E-state index contributed by atoms with van der Waals surface area (Å²) >= 11 is 5.71. The van der Waals surface area contributed by atoms with Gasteiger partial charge in [0.2, 0.25) is 11.8 Å². The lowest BCUT2D eigenvalue weighted by Crippen LogP contribution is -2.62. The van der Waals surface area contributed by atoms with Crippen molar-refractivity contribution < 1.29 is 37.1 Å². The quantitative estimate of drug-likeness (QED) is 0.332. The Kier molecular flexibility index (Phi) is 7.80. The van der Waals surface area contributed by atoms with Gasteiger partial charge < -0.3 is 15.5 Å². The zero-order chi connectivity index (χ0) is 28.1. The van der Waals surface area contributed by atoms with Crippen LogP contribution in [-0.2, 0) is 24.0 Å². The molecule has 37 heavy (non-hydrogen) atoms. The zero-order valence-corrected chi connectivity index (χ0v) is 22.1. The fourth-order valence-electron chi connectivity index (χ4n) is 5.36. The van der Waals surface area contributed by atoms with E-state index >= 15 is 0 Å². The van der Waals surface area contributed by atoms with Crippen molar-refractivity contribution in [2.45, 2.75) is 59.3 Å². The molecule has 0 aromatic heterocycles. The molecular weight excluding hydrogens is 519 g/mol. The molecule has 2 heterocycles. The minimum Gasteiger partial charge on any atom is -0.356 e. The Hall–Kier alpha value is -2.57. The molecule has 0 spiro atoms. The molecule has 208 valence electrons. The summed E-state index contributed by atoms with van der Waals surface area (Å²) < 4.78 is 39.0. The minimum absolute atomic E-state index is 0.0936. The van der Waals surface area contributed by atoms with Gasteiger partial charge in [-0.2, -0.15) is 13.2 Å². The van der Waals surface area contributed by atoms with Crippen LogP contribution in [0.2, 0.25) is 0 Å². The van der Waals surface area contributed by atoms with E-state index in [4.69, 9.17) is 11.6 Å². The summed E-state index contributed by atoms with van der Waals surface area (Å²) in [5.41, 5.74) is 1.08. The van der Waals surface area contributed by atoms with Crippen LogP contribution in [0.3, 0.4) is 0 Å². The smallest absolute Gasteiger partial charge is 0.356 e. The summed E-state index contributed by atoms with van der Waals surface area (Å²) in [5.74, 6) is -6.12. The normalized spacial score (nSPS) is 27.2. The van der Waals surface area contributed by atoms with E-state index in [0.717, 1.165) is 5.01 Å². The molecule has 5 amide bonds. The molecule has 2 aliphatic heterocycles. The van der Waals surface area contributed by atoms with Gasteiger partial charge in [0, 0.05) is 13.1 Å². The van der Waals surface area contributed by atoms with Crippen molar-refractivity contribution in [3.8, 4) is 0 Å². The van der Waals surface area contributed by atoms with Crippen LogP contribution < -0.4 is 16.1 Å². The van der Waals surface area contributed by atoms with Gasteiger partial charge in [-0.15, -0.1) is 11.6 Å². The second-order valence-corrected chi connectivity index (χ2v) is 11.8. The molecule has 1 aliphatic carbocycles. The summed E-state index contributed by atoms with van der Waals surface area (Å²) in [6.07, 6.45) is -4.73. The third-order valence-corrected chi connectivity index (χ3v) is 7.86. The summed E-state index contributed by atoms with van der Waals surface area (Å²) in [4.78, 5) is 64.4. The molecule has 5 atom stereocenters. The monoisotopic (exact) mass is 551 g/mol. The molecular formula is C23H33ClF3N5O5. The van der Waals surface area contributed by atoms with Gasteiger partial charge in [0.25, 0.3) is 11.8 Å². The summed E-state index contributed by atoms with van der Waals surface area (Å²) in [7, 11) is 0. The third-order valence-electron chi connectivity index (χ3n) is 7.63. The first kappa shape index (κ1) is 29.0. The summed E-state index contributed by atoms with van der Waals surface area (Å²) in [6, 6.07) is -2.65. The number of nitrogens with one attached hydrogen (secondary N) is 3. The number of nitrogens with zero attached hydrogens (tertiary/aromatic N) is 2. The number of carbonyl (C=O) groups is 5. The van der Waals surface area contributed by atoms with Crippen molar-refractivity contribution in [2.24, 2.45) is 28.6 Å². The molecule has 1 saturated carbocycles. The number of alkyl halides is 4. The largest absolute Gasteiger partial charge is 0.471 e. The Morgan fingerprint density at radius 1 is 1.22 bits per heavy atom. The van der Waals surface area contributed by atoms with Crippen molar-refractivity contribution in [3.63, 3.8) is 0 Å². The van der Waals surface area contributed by atoms with Gasteiger partial charge in [-0.1, -0.05) is 34.6 Å². The number of halogens is 4. The summed E-state index contributed by atoms with van der Waals surface area (Å²) in [5, 5.41) is 5.40. The fraction of sp³-hybridized carbons (Fsp3) is 0.783. The van der Waals surface area contributed by atoms with Gasteiger partial charge in [-0.3, -0.25) is 34.4 Å². The highest BCUT2D eigenvalue weighted by Crippen LogP contribution is 2.65. The number of rotatable bonds is 6. The lowest BCUT2D eigenvalue weighted by Gasteiger charge is -2.38. The van der Waals surface area contributed by atoms with E-state index in [9.17, 15) is 37.1 Å². The van der Waals surface area contributed by atoms with E-state index in [1.807, 2.05) is 13.8 Å². The molecule has 3 aliphatic rings. The molecule has 0 unspecified atom stereocenters. The van der Waals surface area contributed by atoms with Crippen LogP contribution in [-0.4, -0.2) is 83.2 Å². The number of hydrogen-bond donors (Lipinski definition) is 3. The SMILES string of the molecule is CC(C)(C)[C@H](NC(=O)C(F)(F)F)C(=O)N1C[C@H]2[C@@H]([C@H]1C(=O)NN(C[C@@H]1CCNC1=O)C(=O)CCl)C2(C)C. The Balaban J connectivity index is 1.85. The second-order valence-electron chi connectivity index (χ2n) is 11.5. The van der Waals surface area contributed by atoms with E-state index in [1.54, 1.807) is 5.32 Å². The lowest BCUT2D eigenvalue weighted by atomic mass is 9.85. The van der Waals surface area contributed by atoms with E-state index in [1.165, 1.54) is 25.7 Å². The van der Waals surface area contributed by atoms with E-state index < -0.39 is 59.1 Å². The van der Waals surface area contributed by atoms with Gasteiger partial charge in [0.05, 0.1) is 12.5 Å². The average molecular weight is 552 g/mol. The summed E-state index contributed by atoms with van der Waals surface area (Å²) in [6.45, 7) is 8.79. The van der Waals surface area contributed by atoms with Crippen LogP contribution in [0.1, 0.15) is 41.0 Å². The Morgan fingerprint density at radius 2 is 1.84 bits per heavy atom. The van der Waals surface area contributed by atoms with Gasteiger partial charge in [0.15, 0.2) is 0 Å². The molecule has 0 aromatic carbocycles. The Bertz CT molecular complexity index is 983.